The Bertz CT molecular complexity index is 9870. The van der Waals surface area contributed by atoms with Crippen molar-refractivity contribution in [3.63, 3.8) is 0 Å². The van der Waals surface area contributed by atoms with Gasteiger partial charge in [-0.3, -0.25) is 0 Å². The largest absolute Gasteiger partial charge is 0.308 e. The van der Waals surface area contributed by atoms with Crippen molar-refractivity contribution in [2.75, 3.05) is 0 Å². The van der Waals surface area contributed by atoms with Crippen molar-refractivity contribution in [3.8, 4) is 189 Å². The highest BCUT2D eigenvalue weighted by molar-refractivity contribution is 6.17. The van der Waals surface area contributed by atoms with E-state index in [1.54, 1.807) is 0 Å². The molecule has 702 valence electrons. The van der Waals surface area contributed by atoms with Crippen molar-refractivity contribution in [1.82, 2.24) is 58.6 Å². The average Bonchev–Trinajstić information content (AvgIpc) is 1.54. The van der Waals surface area contributed by atoms with E-state index in [0.717, 1.165) is 104 Å². The first-order chi connectivity index (χ1) is 73.5. The number of nitrogens with zero attached hydrogens (tertiary/aromatic N) is 18. The van der Waals surface area contributed by atoms with E-state index in [9.17, 15) is 31.6 Å². The van der Waals surface area contributed by atoms with Crippen LogP contribution in [0.5, 0.6) is 0 Å². The van der Waals surface area contributed by atoms with Gasteiger partial charge in [-0.05, 0) is 128 Å². The second kappa shape index (κ2) is 36.0. The van der Waals surface area contributed by atoms with Crippen LogP contribution in [0.25, 0.3) is 218 Å². The summed E-state index contributed by atoms with van der Waals surface area (Å²) in [5.41, 5.74) is 29.7. The first kappa shape index (κ1) is 90.6. The first-order valence-corrected chi connectivity index (χ1v) is 49.5. The quantitative estimate of drug-likeness (QED) is 0.110. The summed E-state index contributed by atoms with van der Waals surface area (Å²) >= 11 is 0. The van der Waals surface area contributed by atoms with Gasteiger partial charge in [-0.2, -0.15) is 31.6 Å². The highest BCUT2D eigenvalue weighted by Crippen LogP contribution is 2.57. The van der Waals surface area contributed by atoms with Crippen LogP contribution in [0.2, 0.25) is 0 Å². The second-order valence-corrected chi connectivity index (χ2v) is 39.2. The van der Waals surface area contributed by atoms with Crippen LogP contribution in [-0.2, 0) is 16.2 Å². The van der Waals surface area contributed by atoms with Crippen molar-refractivity contribution in [2.24, 2.45) is 0 Å². The summed E-state index contributed by atoms with van der Waals surface area (Å²) in [6, 6.07) is 148. The number of hydrogen-bond acceptors (Lipinski definition) is 15. The maximum absolute atomic E-state index is 10.9. The lowest BCUT2D eigenvalue weighted by Gasteiger charge is -2.24. The average molecular weight is 1920 g/mol. The SMILES string of the molecule is CC1(C)c2ccccc2-c2c1ccc1c3ccccc3n(-c3ccc(-c4nc(-c5ccccc5)nc(-c5ccccc5)n4)c(C#N)c3C#N)c21.CC1(C)c2ccccc2-c2cc3c4ccccc4n(-c4ccc(-c5nc(-c6ccccc6)nc(-c6ccccc6)n5)c(C#N)c4C#N)c3cc21.CC1(C)c2ccccc2-c2ccc3c4ccccc4n(-c4ccc(-c5nc(-c6ccccc6)nc(-c6ccccc6)n5)c(C#N)c4C#N)c3c21. The van der Waals surface area contributed by atoms with Gasteiger partial charge in [-0.1, -0.05) is 375 Å². The number of rotatable bonds is 12. The van der Waals surface area contributed by atoms with Gasteiger partial charge in [0.1, 0.15) is 36.4 Å². The number of para-hydroxylation sites is 3. The fourth-order valence-electron chi connectivity index (χ4n) is 22.8. The van der Waals surface area contributed by atoms with Gasteiger partial charge in [-0.15, -0.1) is 0 Å². The Balaban J connectivity index is 0.000000116. The van der Waals surface area contributed by atoms with Gasteiger partial charge in [0.15, 0.2) is 52.4 Å². The third kappa shape index (κ3) is 14.5. The molecule has 24 aromatic rings. The molecule has 0 bridgehead atoms. The van der Waals surface area contributed by atoms with Crippen LogP contribution in [0.4, 0.5) is 0 Å². The molecule has 0 spiro atoms. The summed E-state index contributed by atoms with van der Waals surface area (Å²) in [5.74, 6) is 3.91. The Morgan fingerprint density at radius 1 is 0.187 bits per heavy atom. The molecule has 3 aliphatic carbocycles. The molecule has 0 atom stereocenters. The third-order valence-electron chi connectivity index (χ3n) is 29.9. The Hall–Kier alpha value is -20.7. The Morgan fingerprint density at radius 3 is 0.853 bits per heavy atom. The number of benzene rings is 18. The predicted molar refractivity (Wildman–Crippen MR) is 592 cm³/mol. The van der Waals surface area contributed by atoms with E-state index >= 15 is 0 Å². The first-order valence-electron chi connectivity index (χ1n) is 49.5. The topological polar surface area (TPSA) is 274 Å². The Labute approximate surface area is 864 Å². The summed E-state index contributed by atoms with van der Waals surface area (Å²) in [5, 5.41) is 71.4. The van der Waals surface area contributed by atoms with Gasteiger partial charge in [0.25, 0.3) is 0 Å². The van der Waals surface area contributed by atoms with E-state index < -0.39 is 0 Å². The zero-order valence-electron chi connectivity index (χ0n) is 82.2. The summed E-state index contributed by atoms with van der Waals surface area (Å²) in [6.07, 6.45) is 0. The van der Waals surface area contributed by atoms with E-state index in [0.29, 0.717) is 86.2 Å². The Morgan fingerprint density at radius 2 is 0.467 bits per heavy atom. The van der Waals surface area contributed by atoms with Crippen molar-refractivity contribution >= 4 is 65.4 Å². The molecule has 0 amide bonds. The van der Waals surface area contributed by atoms with E-state index in [2.05, 4.69) is 237 Å². The van der Waals surface area contributed by atoms with Gasteiger partial charge in [0.05, 0.1) is 83.5 Å². The molecule has 0 radical (unpaired) electrons. The standard InChI is InChI=1S/3C44H28N6/c1-44(2)35-19-11-9-18-32(35)39-36(44)23-21-30-29-17-10-12-20-37(29)50(40(30)39)38-24-22-31(33(25-45)34(38)26-46)43-48-41(27-13-5-3-6-14-27)47-42(49-43)28-15-7-4-8-16-28;1-44(2)36-19-11-9-17-29(36)32-23-33-30-18-10-12-20-38(30)50(40(33)24-37(32)44)39-22-21-31(34(25-45)35(39)26-46)43-48-41(27-13-5-3-6-14-27)47-42(49-43)28-15-7-4-8-16-28;1-44(2)36-19-11-9-17-29(36)31-21-22-32-30-18-10-12-20-37(30)50(40(32)39(31)44)38-24-23-33(34(25-45)35(38)26-46)43-48-41(27-13-5-3-6-14-27)47-42(49-43)28-15-7-4-8-16-28/h3*3-24H,1-2H3. The van der Waals surface area contributed by atoms with E-state index in [1.165, 1.54) is 61.2 Å². The zero-order valence-corrected chi connectivity index (χ0v) is 82.2. The van der Waals surface area contributed by atoms with E-state index in [4.69, 9.17) is 44.9 Å². The molecular weight excluding hydrogens is 1840 g/mol. The van der Waals surface area contributed by atoms with Crippen LogP contribution in [0.15, 0.2) is 400 Å². The normalized spacial score (nSPS) is 12.7. The third-order valence-corrected chi connectivity index (χ3v) is 29.9. The maximum atomic E-state index is 10.9. The molecule has 18 heteroatoms. The lowest BCUT2D eigenvalue weighted by molar-refractivity contribution is 0.660. The highest BCUT2D eigenvalue weighted by atomic mass is 15.1. The molecule has 27 rings (SSSR count). The molecule has 0 aliphatic heterocycles. The van der Waals surface area contributed by atoms with Crippen LogP contribution in [0.3, 0.4) is 0 Å². The predicted octanol–water partition coefficient (Wildman–Crippen LogP) is 30.1. The molecule has 0 fully saturated rings. The molecule has 18 nitrogen and oxygen atoms in total. The van der Waals surface area contributed by atoms with Gasteiger partial charge >= 0.3 is 0 Å². The lowest BCUT2D eigenvalue weighted by atomic mass is 9.81. The van der Waals surface area contributed by atoms with Crippen molar-refractivity contribution in [2.45, 2.75) is 57.8 Å². The summed E-state index contributed by atoms with van der Waals surface area (Å²) in [7, 11) is 0. The molecule has 0 N–H and O–H groups in total. The minimum absolute atomic E-state index is 0.202. The number of nitriles is 6. The minimum atomic E-state index is -0.297. The molecule has 150 heavy (non-hydrogen) atoms. The maximum Gasteiger partial charge on any atom is 0.165 e. The molecule has 0 saturated heterocycles. The molecular formula is C132H84N18. The fourth-order valence-corrected chi connectivity index (χ4v) is 22.8. The summed E-state index contributed by atoms with van der Waals surface area (Å²) in [4.78, 5) is 43.7. The number of aromatic nitrogens is 12. The van der Waals surface area contributed by atoms with Crippen molar-refractivity contribution < 1.29 is 0 Å². The van der Waals surface area contributed by atoms with Crippen LogP contribution < -0.4 is 0 Å². The van der Waals surface area contributed by atoms with Gasteiger partial charge in [0.2, 0.25) is 0 Å². The molecule has 18 aromatic carbocycles. The molecule has 0 saturated carbocycles. The van der Waals surface area contributed by atoms with Crippen LogP contribution >= 0.6 is 0 Å². The zero-order chi connectivity index (χ0) is 102. The van der Waals surface area contributed by atoms with Crippen molar-refractivity contribution in [3.05, 3.63) is 467 Å². The molecule has 3 aliphatic rings. The summed E-state index contributed by atoms with van der Waals surface area (Å²) < 4.78 is 6.48. The van der Waals surface area contributed by atoms with Gasteiger partial charge < -0.3 is 13.7 Å². The highest BCUT2D eigenvalue weighted by Gasteiger charge is 2.42. The monoisotopic (exact) mass is 1920 g/mol. The number of fused-ring (bicyclic) bond motifs is 20. The lowest BCUT2D eigenvalue weighted by Crippen LogP contribution is -2.16. The molecule has 6 heterocycles. The van der Waals surface area contributed by atoms with Crippen molar-refractivity contribution in [1.29, 1.82) is 31.6 Å². The smallest absolute Gasteiger partial charge is 0.165 e. The van der Waals surface area contributed by atoms with E-state index in [1.807, 2.05) is 255 Å². The van der Waals surface area contributed by atoms with Crippen LogP contribution in [0, 0.1) is 68.0 Å². The van der Waals surface area contributed by atoms with Gasteiger partial charge in [0, 0.05) is 104 Å². The van der Waals surface area contributed by atoms with Crippen LogP contribution in [0.1, 0.15) is 108 Å². The van der Waals surface area contributed by atoms with Crippen LogP contribution in [-0.4, -0.2) is 58.6 Å². The second-order valence-electron chi connectivity index (χ2n) is 39.2. The summed E-state index contributed by atoms with van der Waals surface area (Å²) in [6.45, 7) is 13.6. The fraction of sp³-hybridized carbons (Fsp3) is 0.0682. The molecule has 0 unspecified atom stereocenters. The molecule has 6 aromatic heterocycles. The minimum Gasteiger partial charge on any atom is -0.308 e. The number of hydrogen-bond donors (Lipinski definition) is 0. The van der Waals surface area contributed by atoms with Gasteiger partial charge in [-0.25, -0.2) is 44.9 Å². The van der Waals surface area contributed by atoms with E-state index in [-0.39, 0.29) is 49.6 Å². The Kier molecular flexibility index (Phi) is 21.8.